The van der Waals surface area contributed by atoms with Gasteiger partial charge in [-0.3, -0.25) is 4.98 Å². The van der Waals surface area contributed by atoms with Gasteiger partial charge in [0.05, 0.1) is 11.8 Å². The van der Waals surface area contributed by atoms with Gasteiger partial charge < -0.3 is 9.80 Å². The fraction of sp³-hybridized carbons (Fsp3) is 0.429. The Balaban J connectivity index is 1.95. The van der Waals surface area contributed by atoms with E-state index >= 15 is 0 Å². The van der Waals surface area contributed by atoms with E-state index in [2.05, 4.69) is 47.0 Å². The van der Waals surface area contributed by atoms with Gasteiger partial charge in [0.2, 0.25) is 0 Å². The Hall–Kier alpha value is -2.22. The second-order valence-electron chi connectivity index (χ2n) is 7.01. The van der Waals surface area contributed by atoms with E-state index in [1.807, 2.05) is 36.4 Å². The van der Waals surface area contributed by atoms with Gasteiger partial charge in [0.1, 0.15) is 5.41 Å². The van der Waals surface area contributed by atoms with E-state index in [-0.39, 0.29) is 5.92 Å². The van der Waals surface area contributed by atoms with Crippen LogP contribution in [0.1, 0.15) is 18.2 Å². The average molecular weight is 334 g/mol. The zero-order valence-corrected chi connectivity index (χ0v) is 15.1. The summed E-state index contributed by atoms with van der Waals surface area (Å²) in [4.78, 5) is 9.41. The lowest BCUT2D eigenvalue weighted by Gasteiger charge is -2.39. The normalized spacial score (nSPS) is 19.7. The number of pyridine rings is 1. The van der Waals surface area contributed by atoms with Crippen LogP contribution in [0.4, 0.5) is 0 Å². The molecular formula is C21H26N4. The Morgan fingerprint density at radius 1 is 1.08 bits per heavy atom. The Morgan fingerprint density at radius 2 is 1.76 bits per heavy atom. The van der Waals surface area contributed by atoms with Gasteiger partial charge in [0.25, 0.3) is 0 Å². The van der Waals surface area contributed by atoms with Crippen LogP contribution in [0.15, 0.2) is 54.7 Å². The van der Waals surface area contributed by atoms with Crippen LogP contribution in [0.2, 0.25) is 0 Å². The zero-order chi connectivity index (χ0) is 17.7. The highest BCUT2D eigenvalue weighted by atomic mass is 15.2. The number of nitrogens with zero attached hydrogens (tertiary/aromatic N) is 4. The highest BCUT2D eigenvalue weighted by Gasteiger charge is 2.42. The molecule has 2 heterocycles. The maximum atomic E-state index is 10.3. The molecule has 2 unspecified atom stereocenters. The predicted molar refractivity (Wildman–Crippen MR) is 100 cm³/mol. The molecule has 1 fully saturated rings. The highest BCUT2D eigenvalue weighted by Crippen LogP contribution is 2.38. The summed E-state index contributed by atoms with van der Waals surface area (Å²) in [7, 11) is 2.16. The van der Waals surface area contributed by atoms with Crippen molar-refractivity contribution in [1.82, 2.24) is 14.8 Å². The Labute approximate surface area is 150 Å². The SMILES string of the molecule is CC(CN1CCN(C)CC1)C(C#N)(c1ccccc1)c1ccccn1. The molecule has 0 amide bonds. The molecule has 1 saturated heterocycles. The average Bonchev–Trinajstić information content (AvgIpc) is 2.66. The van der Waals surface area contributed by atoms with Crippen molar-refractivity contribution < 1.29 is 0 Å². The summed E-state index contributed by atoms with van der Waals surface area (Å²) >= 11 is 0. The molecule has 1 aliphatic heterocycles. The maximum Gasteiger partial charge on any atom is 0.128 e. The number of hydrogen-bond donors (Lipinski definition) is 0. The van der Waals surface area contributed by atoms with Crippen molar-refractivity contribution in [3.8, 4) is 6.07 Å². The minimum absolute atomic E-state index is 0.137. The molecule has 0 bridgehead atoms. The van der Waals surface area contributed by atoms with Crippen LogP contribution >= 0.6 is 0 Å². The topological polar surface area (TPSA) is 43.2 Å². The second-order valence-corrected chi connectivity index (χ2v) is 7.01. The molecule has 25 heavy (non-hydrogen) atoms. The van der Waals surface area contributed by atoms with Gasteiger partial charge in [-0.05, 0) is 30.7 Å². The number of benzene rings is 1. The van der Waals surface area contributed by atoms with E-state index < -0.39 is 5.41 Å². The van der Waals surface area contributed by atoms with Crippen molar-refractivity contribution in [1.29, 1.82) is 5.26 Å². The van der Waals surface area contributed by atoms with Gasteiger partial charge in [0.15, 0.2) is 0 Å². The Morgan fingerprint density at radius 3 is 2.36 bits per heavy atom. The van der Waals surface area contributed by atoms with Crippen LogP contribution in [0.25, 0.3) is 0 Å². The van der Waals surface area contributed by atoms with Crippen molar-refractivity contribution in [2.45, 2.75) is 12.3 Å². The Bertz CT molecular complexity index is 660. The fourth-order valence-electron chi connectivity index (χ4n) is 3.77. The van der Waals surface area contributed by atoms with Crippen LogP contribution in [0.3, 0.4) is 0 Å². The van der Waals surface area contributed by atoms with E-state index in [4.69, 9.17) is 0 Å². The Kier molecular flexibility index (Phi) is 5.47. The van der Waals surface area contributed by atoms with Crippen molar-refractivity contribution in [3.63, 3.8) is 0 Å². The van der Waals surface area contributed by atoms with E-state index in [1.54, 1.807) is 6.20 Å². The van der Waals surface area contributed by atoms with E-state index in [1.165, 1.54) is 0 Å². The van der Waals surface area contributed by atoms with Gasteiger partial charge in [-0.25, -0.2) is 0 Å². The van der Waals surface area contributed by atoms with Gasteiger partial charge in [-0.15, -0.1) is 0 Å². The van der Waals surface area contributed by atoms with Crippen molar-refractivity contribution >= 4 is 0 Å². The molecule has 4 nitrogen and oxygen atoms in total. The summed E-state index contributed by atoms with van der Waals surface area (Å²) in [5.74, 6) is 0.137. The third-order valence-corrected chi connectivity index (χ3v) is 5.34. The second kappa shape index (κ2) is 7.77. The number of nitriles is 1. The number of rotatable bonds is 5. The number of piperazine rings is 1. The summed E-state index contributed by atoms with van der Waals surface area (Å²) in [6.07, 6.45) is 1.78. The molecule has 2 atom stereocenters. The van der Waals surface area contributed by atoms with Gasteiger partial charge >= 0.3 is 0 Å². The van der Waals surface area contributed by atoms with E-state index in [0.29, 0.717) is 0 Å². The quantitative estimate of drug-likeness (QED) is 0.843. The van der Waals surface area contributed by atoms with Crippen molar-refractivity contribution in [2.24, 2.45) is 5.92 Å². The van der Waals surface area contributed by atoms with E-state index in [9.17, 15) is 5.26 Å². The fourth-order valence-corrected chi connectivity index (χ4v) is 3.77. The van der Waals surface area contributed by atoms with Crippen molar-refractivity contribution in [2.75, 3.05) is 39.8 Å². The molecule has 1 aromatic carbocycles. The maximum absolute atomic E-state index is 10.3. The number of likely N-dealkylation sites (N-methyl/N-ethyl adjacent to an activating group) is 1. The molecule has 1 aromatic heterocycles. The van der Waals surface area contributed by atoms with Crippen LogP contribution in [-0.4, -0.2) is 54.6 Å². The summed E-state index contributed by atoms with van der Waals surface area (Å²) in [5.41, 5.74) is 1.13. The summed E-state index contributed by atoms with van der Waals surface area (Å²) in [6.45, 7) is 7.36. The molecule has 4 heteroatoms. The molecule has 1 aliphatic rings. The van der Waals surface area contributed by atoms with Crippen LogP contribution in [-0.2, 0) is 5.41 Å². The summed E-state index contributed by atoms with van der Waals surface area (Å²) < 4.78 is 0. The van der Waals surface area contributed by atoms with Gasteiger partial charge in [0, 0.05) is 38.9 Å². The molecule has 0 radical (unpaired) electrons. The standard InChI is InChI=1S/C21H26N4/c1-18(16-25-14-12-24(2)13-15-25)21(17-22,19-8-4-3-5-9-19)20-10-6-7-11-23-20/h3-11,18H,12-16H2,1-2H3. The molecular weight excluding hydrogens is 308 g/mol. The lowest BCUT2D eigenvalue weighted by Crippen LogP contribution is -2.49. The number of hydrogen-bond acceptors (Lipinski definition) is 4. The van der Waals surface area contributed by atoms with Crippen molar-refractivity contribution in [3.05, 3.63) is 66.0 Å². The van der Waals surface area contributed by atoms with Crippen LogP contribution < -0.4 is 0 Å². The van der Waals surface area contributed by atoms with E-state index in [0.717, 1.165) is 44.0 Å². The highest BCUT2D eigenvalue weighted by molar-refractivity contribution is 5.44. The predicted octanol–water partition coefficient (Wildman–Crippen LogP) is 2.77. The first-order chi connectivity index (χ1) is 12.2. The third-order valence-electron chi connectivity index (χ3n) is 5.34. The van der Waals surface area contributed by atoms with Gasteiger partial charge in [-0.2, -0.15) is 5.26 Å². The molecule has 130 valence electrons. The first-order valence-electron chi connectivity index (χ1n) is 8.96. The minimum atomic E-state index is -0.730. The molecule has 0 saturated carbocycles. The molecule has 3 rings (SSSR count). The minimum Gasteiger partial charge on any atom is -0.304 e. The monoisotopic (exact) mass is 334 g/mol. The number of aromatic nitrogens is 1. The summed E-state index contributed by atoms with van der Waals surface area (Å²) in [5, 5.41) is 10.3. The lowest BCUT2D eigenvalue weighted by molar-refractivity contribution is 0.129. The first kappa shape index (κ1) is 17.6. The first-order valence-corrected chi connectivity index (χ1v) is 8.96. The summed E-state index contributed by atoms with van der Waals surface area (Å²) in [6, 6.07) is 18.6. The zero-order valence-electron chi connectivity index (χ0n) is 15.1. The molecule has 0 spiro atoms. The molecule has 0 aliphatic carbocycles. The lowest BCUT2D eigenvalue weighted by atomic mass is 9.69. The van der Waals surface area contributed by atoms with Crippen LogP contribution in [0.5, 0.6) is 0 Å². The van der Waals surface area contributed by atoms with Gasteiger partial charge in [-0.1, -0.05) is 43.3 Å². The smallest absolute Gasteiger partial charge is 0.128 e. The largest absolute Gasteiger partial charge is 0.304 e. The molecule has 0 N–H and O–H groups in total. The van der Waals surface area contributed by atoms with Crippen LogP contribution in [0, 0.1) is 17.2 Å². The third kappa shape index (κ3) is 3.58. The molecule has 2 aromatic rings.